The van der Waals surface area contributed by atoms with Gasteiger partial charge in [-0.25, -0.2) is 0 Å². The van der Waals surface area contributed by atoms with Crippen LogP contribution in [0.15, 0.2) is 170 Å². The molecule has 0 aliphatic carbocycles. The van der Waals surface area contributed by atoms with E-state index in [1.165, 1.54) is 60.9 Å². The Bertz CT molecular complexity index is 2210. The molecule has 0 spiro atoms. The molecule has 2 aromatic heterocycles. The summed E-state index contributed by atoms with van der Waals surface area (Å²) in [6, 6.07) is 58.5. The molecule has 2 heterocycles. The number of hydrogen-bond donors (Lipinski definition) is 0. The van der Waals surface area contributed by atoms with E-state index in [0.717, 1.165) is 11.3 Å². The Kier molecular flexibility index (Phi) is 6.16. The first-order valence-electron chi connectivity index (χ1n) is 14.6. The smallest absolute Gasteiger partial charge is 0.0702 e. The van der Waals surface area contributed by atoms with Crippen molar-refractivity contribution in [1.82, 2.24) is 9.55 Å². The van der Waals surface area contributed by atoms with Gasteiger partial charge in [-0.15, -0.1) is 0 Å². The summed E-state index contributed by atoms with van der Waals surface area (Å²) in [4.78, 5) is 4.52. The van der Waals surface area contributed by atoms with E-state index in [-0.39, 0.29) is 0 Å². The van der Waals surface area contributed by atoms with Crippen LogP contribution in [0.4, 0.5) is 0 Å². The van der Waals surface area contributed by atoms with Gasteiger partial charge in [-0.2, -0.15) is 0 Å². The minimum Gasteiger partial charge on any atom is -0.309 e. The Morgan fingerprint density at radius 1 is 0.349 bits per heavy atom. The highest BCUT2D eigenvalue weighted by atomic mass is 15.0. The Morgan fingerprint density at radius 3 is 1.63 bits per heavy atom. The van der Waals surface area contributed by atoms with Crippen molar-refractivity contribution in [1.29, 1.82) is 0 Å². The van der Waals surface area contributed by atoms with Crippen LogP contribution in [0.1, 0.15) is 0 Å². The summed E-state index contributed by atoms with van der Waals surface area (Å²) in [5.41, 5.74) is 12.9. The van der Waals surface area contributed by atoms with Crippen LogP contribution in [-0.2, 0) is 0 Å². The summed E-state index contributed by atoms with van der Waals surface area (Å²) >= 11 is 0. The van der Waals surface area contributed by atoms with E-state index in [2.05, 4.69) is 155 Å². The summed E-state index contributed by atoms with van der Waals surface area (Å²) in [5, 5.41) is 2.53. The Morgan fingerprint density at radius 2 is 0.907 bits per heavy atom. The topological polar surface area (TPSA) is 17.8 Å². The van der Waals surface area contributed by atoms with E-state index < -0.39 is 0 Å². The van der Waals surface area contributed by atoms with Crippen molar-refractivity contribution < 1.29 is 0 Å². The van der Waals surface area contributed by atoms with Crippen molar-refractivity contribution in [3.05, 3.63) is 170 Å². The number of hydrogen-bond acceptors (Lipinski definition) is 1. The molecule has 0 saturated carbocycles. The number of fused-ring (bicyclic) bond motifs is 3. The number of para-hydroxylation sites is 2. The zero-order chi connectivity index (χ0) is 28.6. The van der Waals surface area contributed by atoms with Crippen LogP contribution in [0, 0.1) is 0 Å². The predicted octanol–water partition coefficient (Wildman–Crippen LogP) is 10.8. The highest BCUT2D eigenvalue weighted by Crippen LogP contribution is 2.36. The lowest BCUT2D eigenvalue weighted by Crippen LogP contribution is -1.92. The van der Waals surface area contributed by atoms with Crippen LogP contribution in [0.2, 0.25) is 0 Å². The monoisotopic (exact) mass is 548 g/mol. The quantitative estimate of drug-likeness (QED) is 0.209. The summed E-state index contributed by atoms with van der Waals surface area (Å²) < 4.78 is 2.36. The van der Waals surface area contributed by atoms with E-state index in [9.17, 15) is 0 Å². The molecule has 0 radical (unpaired) electrons. The van der Waals surface area contributed by atoms with Gasteiger partial charge in [0.15, 0.2) is 0 Å². The van der Waals surface area contributed by atoms with Gasteiger partial charge in [-0.05, 0) is 88.0 Å². The molecule has 0 bridgehead atoms. The Labute approximate surface area is 251 Å². The lowest BCUT2D eigenvalue weighted by atomic mass is 9.96. The summed E-state index contributed by atoms with van der Waals surface area (Å²) in [5.74, 6) is 0. The molecule has 0 aliphatic rings. The van der Waals surface area contributed by atoms with Crippen LogP contribution in [0.25, 0.3) is 72.1 Å². The average molecular weight is 549 g/mol. The highest BCUT2D eigenvalue weighted by Gasteiger charge is 2.13. The van der Waals surface area contributed by atoms with Crippen LogP contribution in [0.3, 0.4) is 0 Å². The van der Waals surface area contributed by atoms with E-state index in [0.29, 0.717) is 0 Å². The first kappa shape index (κ1) is 25.0. The van der Waals surface area contributed by atoms with Crippen molar-refractivity contribution in [2.24, 2.45) is 0 Å². The molecule has 0 unspecified atom stereocenters. The van der Waals surface area contributed by atoms with Crippen molar-refractivity contribution >= 4 is 21.8 Å². The molecule has 2 heteroatoms. The van der Waals surface area contributed by atoms with Gasteiger partial charge >= 0.3 is 0 Å². The lowest BCUT2D eigenvalue weighted by molar-refractivity contribution is 1.18. The maximum atomic E-state index is 4.52. The maximum absolute atomic E-state index is 4.52. The second-order valence-corrected chi connectivity index (χ2v) is 10.9. The largest absolute Gasteiger partial charge is 0.309 e. The number of rotatable bonds is 5. The van der Waals surface area contributed by atoms with E-state index >= 15 is 0 Å². The first-order chi connectivity index (χ1) is 21.3. The third-order valence-corrected chi connectivity index (χ3v) is 8.26. The molecule has 202 valence electrons. The second kappa shape index (κ2) is 10.6. The fourth-order valence-corrected chi connectivity index (χ4v) is 6.13. The Balaban J connectivity index is 1.14. The summed E-state index contributed by atoms with van der Waals surface area (Å²) in [7, 11) is 0. The van der Waals surface area contributed by atoms with Gasteiger partial charge in [0.25, 0.3) is 0 Å². The van der Waals surface area contributed by atoms with Gasteiger partial charge in [0, 0.05) is 28.2 Å². The number of pyridine rings is 1. The zero-order valence-electron chi connectivity index (χ0n) is 23.6. The second-order valence-electron chi connectivity index (χ2n) is 10.9. The van der Waals surface area contributed by atoms with Gasteiger partial charge in [0.2, 0.25) is 0 Å². The molecule has 43 heavy (non-hydrogen) atoms. The molecule has 6 aromatic carbocycles. The highest BCUT2D eigenvalue weighted by molar-refractivity contribution is 6.10. The minimum absolute atomic E-state index is 0.987. The molecule has 0 aliphatic heterocycles. The maximum Gasteiger partial charge on any atom is 0.0702 e. The molecule has 8 aromatic rings. The molecular formula is C41H28N2. The van der Waals surface area contributed by atoms with Crippen LogP contribution < -0.4 is 0 Å². The van der Waals surface area contributed by atoms with Gasteiger partial charge in [-0.1, -0.05) is 109 Å². The molecule has 0 fully saturated rings. The average Bonchev–Trinajstić information content (AvgIpc) is 3.43. The van der Waals surface area contributed by atoms with Crippen LogP contribution >= 0.6 is 0 Å². The minimum atomic E-state index is 0.987. The van der Waals surface area contributed by atoms with Gasteiger partial charge in [0.1, 0.15) is 0 Å². The van der Waals surface area contributed by atoms with Crippen molar-refractivity contribution in [2.75, 3.05) is 0 Å². The van der Waals surface area contributed by atoms with Crippen LogP contribution in [-0.4, -0.2) is 9.55 Å². The van der Waals surface area contributed by atoms with Crippen molar-refractivity contribution in [2.45, 2.75) is 0 Å². The van der Waals surface area contributed by atoms with E-state index in [4.69, 9.17) is 0 Å². The van der Waals surface area contributed by atoms with Gasteiger partial charge in [-0.3, -0.25) is 4.98 Å². The van der Waals surface area contributed by atoms with E-state index in [1.807, 2.05) is 24.4 Å². The van der Waals surface area contributed by atoms with Gasteiger partial charge < -0.3 is 4.57 Å². The summed E-state index contributed by atoms with van der Waals surface area (Å²) in [6.45, 7) is 0. The lowest BCUT2D eigenvalue weighted by Gasteiger charge is -2.10. The first-order valence-corrected chi connectivity index (χ1v) is 14.6. The molecule has 0 atom stereocenters. The molecule has 0 N–H and O–H groups in total. The standard InChI is InChI=1S/C41H28N2/c1-2-14-36(15-3-1)43-40-18-5-4-16-37(40)38-28-34(23-24-41(38)43)33-12-8-10-31(26-33)29-19-21-30(22-20-29)32-11-9-13-35(27-32)39-17-6-7-25-42-39/h1-28H. The fourth-order valence-electron chi connectivity index (χ4n) is 6.13. The molecule has 0 amide bonds. The number of benzene rings is 6. The SMILES string of the molecule is c1ccc(-n2c3ccccc3c3cc(-c4cccc(-c5ccc(-c6cccc(-c7ccccn7)c6)cc5)c4)ccc32)cc1. The molecular weight excluding hydrogens is 520 g/mol. The zero-order valence-corrected chi connectivity index (χ0v) is 23.6. The van der Waals surface area contributed by atoms with Crippen LogP contribution in [0.5, 0.6) is 0 Å². The van der Waals surface area contributed by atoms with E-state index in [1.54, 1.807) is 0 Å². The predicted molar refractivity (Wildman–Crippen MR) is 180 cm³/mol. The van der Waals surface area contributed by atoms with Gasteiger partial charge in [0.05, 0.1) is 16.7 Å². The Hall–Kier alpha value is -5.73. The summed E-state index contributed by atoms with van der Waals surface area (Å²) in [6.07, 6.45) is 1.84. The molecule has 2 nitrogen and oxygen atoms in total. The molecule has 8 rings (SSSR count). The molecule has 0 saturated heterocycles. The number of nitrogens with zero attached hydrogens (tertiary/aromatic N) is 2. The van der Waals surface area contributed by atoms with Crippen molar-refractivity contribution in [3.8, 4) is 50.3 Å². The normalized spacial score (nSPS) is 11.3. The van der Waals surface area contributed by atoms with Crippen molar-refractivity contribution in [3.63, 3.8) is 0 Å². The third kappa shape index (κ3) is 4.60. The fraction of sp³-hybridized carbons (Fsp3) is 0. The third-order valence-electron chi connectivity index (χ3n) is 8.26. The number of aromatic nitrogens is 2.